The van der Waals surface area contributed by atoms with Gasteiger partial charge in [0.25, 0.3) is 0 Å². The molecule has 0 atom stereocenters. The van der Waals surface area contributed by atoms with Crippen LogP contribution in [0.2, 0.25) is 0 Å². The molecule has 10 heteroatoms. The predicted octanol–water partition coefficient (Wildman–Crippen LogP) is 1.34. The van der Waals surface area contributed by atoms with Crippen molar-refractivity contribution >= 4 is 16.0 Å². The highest BCUT2D eigenvalue weighted by atomic mass is 32.2. The fraction of sp³-hybridized carbons (Fsp3) is 0.500. The van der Waals surface area contributed by atoms with Crippen LogP contribution in [-0.2, 0) is 22.2 Å². The van der Waals surface area contributed by atoms with Crippen LogP contribution in [0.5, 0.6) is 5.75 Å². The van der Waals surface area contributed by atoms with Crippen LogP contribution < -0.4 is 10.1 Å². The quantitative estimate of drug-likeness (QED) is 0.493. The van der Waals surface area contributed by atoms with E-state index in [9.17, 15) is 8.42 Å². The normalized spacial score (nSPS) is 15.9. The van der Waals surface area contributed by atoms with Gasteiger partial charge in [-0.25, -0.2) is 8.42 Å². The molecule has 1 fully saturated rings. The first-order chi connectivity index (χ1) is 14.5. The van der Waals surface area contributed by atoms with Gasteiger partial charge in [-0.1, -0.05) is 17.3 Å². The molecule has 0 amide bonds. The molecule has 30 heavy (non-hydrogen) atoms. The number of nitrogens with one attached hydrogen (secondary N) is 1. The van der Waals surface area contributed by atoms with Gasteiger partial charge in [0.15, 0.2) is 5.96 Å². The Bertz CT molecular complexity index is 922. The van der Waals surface area contributed by atoms with Gasteiger partial charge < -0.3 is 19.5 Å². The maximum absolute atomic E-state index is 12.6. The van der Waals surface area contributed by atoms with Gasteiger partial charge in [-0.3, -0.25) is 4.99 Å². The molecular weight excluding hydrogens is 406 g/mol. The number of benzene rings is 1. The molecule has 0 aliphatic carbocycles. The minimum absolute atomic E-state index is 0.142. The lowest BCUT2D eigenvalue weighted by Crippen LogP contribution is -2.54. The van der Waals surface area contributed by atoms with Crippen LogP contribution in [0.25, 0.3) is 0 Å². The van der Waals surface area contributed by atoms with Crippen molar-refractivity contribution in [2.45, 2.75) is 19.1 Å². The van der Waals surface area contributed by atoms with Crippen molar-refractivity contribution in [3.05, 3.63) is 47.9 Å². The van der Waals surface area contributed by atoms with Crippen molar-refractivity contribution in [1.82, 2.24) is 19.7 Å². The van der Waals surface area contributed by atoms with Gasteiger partial charge in [-0.05, 0) is 31.0 Å². The largest absolute Gasteiger partial charge is 0.494 e. The number of sulfonamides is 1. The molecule has 1 saturated heterocycles. The fourth-order valence-corrected chi connectivity index (χ4v) is 4.80. The molecule has 2 aromatic rings. The molecule has 0 unspecified atom stereocenters. The van der Waals surface area contributed by atoms with Crippen molar-refractivity contribution in [3.63, 3.8) is 0 Å². The fourth-order valence-electron chi connectivity index (χ4n) is 3.38. The topological polar surface area (TPSA) is 100 Å². The molecule has 3 rings (SSSR count). The van der Waals surface area contributed by atoms with Gasteiger partial charge in [-0.15, -0.1) is 0 Å². The summed E-state index contributed by atoms with van der Waals surface area (Å²) in [6.07, 6.45) is 2.22. The summed E-state index contributed by atoms with van der Waals surface area (Å²) in [6.45, 7) is 5.34. The monoisotopic (exact) mass is 435 g/mol. The highest BCUT2D eigenvalue weighted by molar-refractivity contribution is 7.88. The number of piperazine rings is 1. The number of aromatic nitrogens is 1. The van der Waals surface area contributed by atoms with E-state index in [0.717, 1.165) is 24.7 Å². The lowest BCUT2D eigenvalue weighted by molar-refractivity contribution is 0.260. The highest BCUT2D eigenvalue weighted by Crippen LogP contribution is 2.14. The zero-order chi connectivity index (χ0) is 21.4. The number of hydrogen-bond acceptors (Lipinski definition) is 6. The van der Waals surface area contributed by atoms with Crippen molar-refractivity contribution in [3.8, 4) is 5.75 Å². The zero-order valence-corrected chi connectivity index (χ0v) is 18.3. The van der Waals surface area contributed by atoms with E-state index in [1.165, 1.54) is 16.1 Å². The van der Waals surface area contributed by atoms with Crippen molar-refractivity contribution < 1.29 is 17.7 Å². The number of guanidine groups is 1. The average molecular weight is 436 g/mol. The molecule has 164 valence electrons. The Labute approximate surface area is 177 Å². The van der Waals surface area contributed by atoms with Crippen LogP contribution in [-0.4, -0.2) is 75.1 Å². The number of aliphatic imine (C=N–C) groups is 1. The highest BCUT2D eigenvalue weighted by Gasteiger charge is 2.28. The van der Waals surface area contributed by atoms with E-state index in [4.69, 9.17) is 9.26 Å². The van der Waals surface area contributed by atoms with E-state index in [1.54, 1.807) is 13.1 Å². The third-order valence-electron chi connectivity index (χ3n) is 4.87. The van der Waals surface area contributed by atoms with E-state index < -0.39 is 10.0 Å². The van der Waals surface area contributed by atoms with E-state index in [0.29, 0.717) is 38.5 Å². The molecule has 1 N–H and O–H groups in total. The van der Waals surface area contributed by atoms with E-state index in [-0.39, 0.29) is 5.75 Å². The summed E-state index contributed by atoms with van der Waals surface area (Å²) >= 11 is 0. The van der Waals surface area contributed by atoms with Crippen LogP contribution in [0.1, 0.15) is 18.2 Å². The van der Waals surface area contributed by atoms with Gasteiger partial charge >= 0.3 is 0 Å². The Kier molecular flexibility index (Phi) is 7.69. The number of nitrogens with zero attached hydrogens (tertiary/aromatic N) is 4. The molecule has 0 bridgehead atoms. The molecular formula is C20H29N5O4S. The molecule has 0 spiro atoms. The Hall–Kier alpha value is -2.59. The zero-order valence-electron chi connectivity index (χ0n) is 17.5. The van der Waals surface area contributed by atoms with Crippen LogP contribution in [0.3, 0.4) is 0 Å². The summed E-state index contributed by atoms with van der Waals surface area (Å²) in [6, 6.07) is 9.64. The maximum atomic E-state index is 12.6. The summed E-state index contributed by atoms with van der Waals surface area (Å²) in [5, 5.41) is 7.07. The first-order valence-corrected chi connectivity index (χ1v) is 11.7. The van der Waals surface area contributed by atoms with Gasteiger partial charge in [0.1, 0.15) is 17.8 Å². The third-order valence-corrected chi connectivity index (χ3v) is 6.68. The predicted molar refractivity (Wildman–Crippen MR) is 115 cm³/mol. The lowest BCUT2D eigenvalue weighted by atomic mass is 10.1. The summed E-state index contributed by atoms with van der Waals surface area (Å²) in [4.78, 5) is 6.44. The van der Waals surface area contributed by atoms with Crippen molar-refractivity contribution in [2.75, 3.05) is 46.4 Å². The second-order valence-electron chi connectivity index (χ2n) is 6.94. The van der Waals surface area contributed by atoms with E-state index in [2.05, 4.69) is 26.4 Å². The first kappa shape index (κ1) is 22.1. The molecule has 1 aromatic heterocycles. The number of hydrogen-bond donors (Lipinski definition) is 1. The van der Waals surface area contributed by atoms with Crippen LogP contribution in [0.4, 0.5) is 0 Å². The van der Waals surface area contributed by atoms with Crippen LogP contribution in [0.15, 0.2) is 46.1 Å². The maximum Gasteiger partial charge on any atom is 0.220 e. The van der Waals surface area contributed by atoms with Crippen molar-refractivity contribution in [1.29, 1.82) is 0 Å². The Balaban J connectivity index is 1.47. The standard InChI is InChI=1S/C20H29N5O4S/c1-3-28-19-6-4-5-17(15-19)7-9-22-20(21-2)24-10-12-25(13-11-24)30(26,27)16-18-8-14-29-23-18/h4-6,8,14-15H,3,7,9-13,16H2,1-2H3,(H,21,22). The molecule has 0 saturated carbocycles. The van der Waals surface area contributed by atoms with Gasteiger partial charge in [-0.2, -0.15) is 4.31 Å². The summed E-state index contributed by atoms with van der Waals surface area (Å²) in [5.74, 6) is 1.52. The van der Waals surface area contributed by atoms with Crippen molar-refractivity contribution in [2.24, 2.45) is 4.99 Å². The third kappa shape index (κ3) is 5.96. The number of rotatable bonds is 8. The Morgan fingerprint density at radius 2 is 2.07 bits per heavy atom. The smallest absolute Gasteiger partial charge is 0.220 e. The summed E-state index contributed by atoms with van der Waals surface area (Å²) in [5.41, 5.74) is 1.61. The minimum atomic E-state index is -3.41. The van der Waals surface area contributed by atoms with Crippen LogP contribution in [0, 0.1) is 0 Å². The van der Waals surface area contributed by atoms with Gasteiger partial charge in [0.2, 0.25) is 10.0 Å². The van der Waals surface area contributed by atoms with E-state index >= 15 is 0 Å². The summed E-state index contributed by atoms with van der Waals surface area (Å²) < 4.78 is 36.9. The Morgan fingerprint density at radius 1 is 1.27 bits per heavy atom. The van der Waals surface area contributed by atoms with Gasteiger partial charge in [0, 0.05) is 45.8 Å². The molecule has 2 heterocycles. The minimum Gasteiger partial charge on any atom is -0.494 e. The molecule has 9 nitrogen and oxygen atoms in total. The molecule has 1 aromatic carbocycles. The number of ether oxygens (including phenoxy) is 1. The second kappa shape index (κ2) is 10.4. The molecule has 1 aliphatic rings. The van der Waals surface area contributed by atoms with E-state index in [1.807, 2.05) is 25.1 Å². The molecule has 1 aliphatic heterocycles. The average Bonchev–Trinajstić information content (AvgIpc) is 3.24. The lowest BCUT2D eigenvalue weighted by Gasteiger charge is -2.35. The first-order valence-electron chi connectivity index (χ1n) is 10.1. The summed E-state index contributed by atoms with van der Waals surface area (Å²) in [7, 11) is -1.67. The second-order valence-corrected chi connectivity index (χ2v) is 8.91. The van der Waals surface area contributed by atoms with Gasteiger partial charge in [0.05, 0.1) is 12.3 Å². The SMILES string of the molecule is CCOc1cccc(CCNC(=NC)N2CCN(S(=O)(=O)Cc3ccon3)CC2)c1. The Morgan fingerprint density at radius 3 is 2.73 bits per heavy atom. The van der Waals surface area contributed by atoms with Crippen LogP contribution >= 0.6 is 0 Å². The molecule has 0 radical (unpaired) electrons.